The van der Waals surface area contributed by atoms with E-state index in [1.807, 2.05) is 35.6 Å². The van der Waals surface area contributed by atoms with Crippen LogP contribution in [0.3, 0.4) is 0 Å². The van der Waals surface area contributed by atoms with Gasteiger partial charge in [0.15, 0.2) is 0 Å². The largest absolute Gasteiger partial charge is 0.475 e. The molecule has 0 saturated carbocycles. The molecule has 0 spiro atoms. The number of ether oxygens (including phenoxy) is 1. The summed E-state index contributed by atoms with van der Waals surface area (Å²) in [6, 6.07) is 0. The van der Waals surface area contributed by atoms with Gasteiger partial charge in [-0.2, -0.15) is 0 Å². The molecular formula is C20H30N3O+. The minimum absolute atomic E-state index is 0.403. The fourth-order valence-corrected chi connectivity index (χ4v) is 3.02. The molecule has 0 atom stereocenters. The Kier molecular flexibility index (Phi) is 5.81. The molecule has 1 aliphatic rings. The van der Waals surface area contributed by atoms with Crippen molar-refractivity contribution >= 4 is 5.90 Å². The van der Waals surface area contributed by atoms with Crippen LogP contribution >= 0.6 is 0 Å². The van der Waals surface area contributed by atoms with Crippen LogP contribution in [0.2, 0.25) is 0 Å². The van der Waals surface area contributed by atoms with Gasteiger partial charge in [-0.3, -0.25) is 0 Å². The van der Waals surface area contributed by atoms with Crippen molar-refractivity contribution in [1.29, 1.82) is 0 Å². The molecule has 0 radical (unpaired) electrons. The highest BCUT2D eigenvalue weighted by Gasteiger charge is 2.24. The average Bonchev–Trinajstić information content (AvgIpc) is 2.74. The Labute approximate surface area is 145 Å². The van der Waals surface area contributed by atoms with Crippen molar-refractivity contribution < 1.29 is 9.30 Å². The van der Waals surface area contributed by atoms with Gasteiger partial charge in [-0.15, -0.1) is 0 Å². The molecular weight excluding hydrogens is 298 g/mol. The van der Waals surface area contributed by atoms with Crippen LogP contribution in [0.1, 0.15) is 39.9 Å². The number of methoxy groups -OCH3 is 1. The molecule has 1 aromatic heterocycles. The first kappa shape index (κ1) is 18.2. The van der Waals surface area contributed by atoms with Crippen molar-refractivity contribution in [1.82, 2.24) is 4.57 Å². The van der Waals surface area contributed by atoms with Crippen LogP contribution in [0.15, 0.2) is 52.5 Å². The Morgan fingerprint density at radius 2 is 1.96 bits per heavy atom. The van der Waals surface area contributed by atoms with Gasteiger partial charge in [-0.05, 0) is 29.4 Å². The summed E-state index contributed by atoms with van der Waals surface area (Å²) in [5, 5.41) is 0. The van der Waals surface area contributed by atoms with Gasteiger partial charge in [0.1, 0.15) is 12.4 Å². The number of allylic oxidation sites excluding steroid dienone is 5. The summed E-state index contributed by atoms with van der Waals surface area (Å²) >= 11 is 0. The van der Waals surface area contributed by atoms with Crippen molar-refractivity contribution in [3.05, 3.63) is 53.3 Å². The van der Waals surface area contributed by atoms with Crippen molar-refractivity contribution in [3.63, 3.8) is 0 Å². The van der Waals surface area contributed by atoms with Crippen molar-refractivity contribution in [2.45, 2.75) is 34.1 Å². The number of rotatable bonds is 4. The molecule has 0 aliphatic heterocycles. The summed E-state index contributed by atoms with van der Waals surface area (Å²) < 4.78 is 9.74. The van der Waals surface area contributed by atoms with E-state index in [9.17, 15) is 0 Å². The number of hydrogen-bond acceptors (Lipinski definition) is 2. The third-order valence-electron chi connectivity index (χ3n) is 4.34. The van der Waals surface area contributed by atoms with E-state index in [1.165, 1.54) is 11.1 Å². The second-order valence-corrected chi connectivity index (χ2v) is 6.88. The SMILES string of the molecule is COC(=NC1=C(C(C)C)C=CCC=C1C(C)C)c1n(C)cc[n+]1C. The van der Waals surface area contributed by atoms with Crippen LogP contribution in [-0.4, -0.2) is 17.6 Å². The second-order valence-electron chi connectivity index (χ2n) is 6.88. The zero-order valence-corrected chi connectivity index (χ0v) is 16.0. The molecule has 0 unspecified atom stereocenters. The minimum Gasteiger partial charge on any atom is -0.475 e. The molecule has 24 heavy (non-hydrogen) atoms. The Morgan fingerprint density at radius 3 is 2.46 bits per heavy atom. The number of hydrogen-bond donors (Lipinski definition) is 0. The number of aromatic nitrogens is 2. The van der Waals surface area contributed by atoms with Crippen LogP contribution in [0, 0.1) is 11.8 Å². The van der Waals surface area contributed by atoms with Gasteiger partial charge in [0.05, 0.1) is 26.9 Å². The van der Waals surface area contributed by atoms with Gasteiger partial charge in [0, 0.05) is 0 Å². The highest BCUT2D eigenvalue weighted by atomic mass is 16.5. The fourth-order valence-electron chi connectivity index (χ4n) is 3.02. The lowest BCUT2D eigenvalue weighted by atomic mass is 9.92. The Balaban J connectivity index is 2.68. The maximum atomic E-state index is 5.68. The van der Waals surface area contributed by atoms with Crippen molar-refractivity contribution in [2.24, 2.45) is 30.9 Å². The number of aryl methyl sites for hydroxylation is 2. The van der Waals surface area contributed by atoms with E-state index in [-0.39, 0.29) is 0 Å². The van der Waals surface area contributed by atoms with Crippen LogP contribution in [0.25, 0.3) is 0 Å². The van der Waals surface area contributed by atoms with Crippen LogP contribution in [0.5, 0.6) is 0 Å². The van der Waals surface area contributed by atoms with Gasteiger partial charge in [0.2, 0.25) is 0 Å². The zero-order valence-electron chi connectivity index (χ0n) is 16.0. The molecule has 0 N–H and O–H groups in total. The number of aliphatic imine (C=N–C) groups is 1. The quantitative estimate of drug-likeness (QED) is 0.471. The van der Waals surface area contributed by atoms with Crippen LogP contribution in [0.4, 0.5) is 0 Å². The molecule has 1 aliphatic carbocycles. The first-order chi connectivity index (χ1) is 11.4. The monoisotopic (exact) mass is 328 g/mol. The van der Waals surface area contributed by atoms with Crippen molar-refractivity contribution in [3.8, 4) is 0 Å². The van der Waals surface area contributed by atoms with Gasteiger partial charge >= 0.3 is 11.7 Å². The van der Waals surface area contributed by atoms with E-state index < -0.39 is 0 Å². The first-order valence-corrected chi connectivity index (χ1v) is 8.61. The van der Waals surface area contributed by atoms with Crippen LogP contribution in [-0.2, 0) is 18.8 Å². The highest BCUT2D eigenvalue weighted by molar-refractivity contribution is 5.90. The molecule has 0 bridgehead atoms. The molecule has 0 aromatic carbocycles. The number of imidazole rings is 1. The molecule has 130 valence electrons. The predicted octanol–water partition coefficient (Wildman–Crippen LogP) is 3.70. The smallest absolute Gasteiger partial charge is 0.344 e. The van der Waals surface area contributed by atoms with E-state index in [1.54, 1.807) is 7.11 Å². The third kappa shape index (κ3) is 3.69. The van der Waals surface area contributed by atoms with E-state index in [0.29, 0.717) is 17.7 Å². The van der Waals surface area contributed by atoms with Gasteiger partial charge in [-0.1, -0.05) is 45.9 Å². The Bertz CT molecular complexity index is 696. The standard InChI is InChI=1S/C20H30N3O/c1-14(2)16-10-8-9-11-17(15(3)4)18(16)21-19(24-7)20-22(5)12-13-23(20)6/h8,10-15H,9H2,1-7H3/q+1. The number of nitrogens with zero attached hydrogens (tertiary/aromatic N) is 3. The maximum Gasteiger partial charge on any atom is 0.344 e. The van der Waals surface area contributed by atoms with Crippen molar-refractivity contribution in [2.75, 3.05) is 7.11 Å². The summed E-state index contributed by atoms with van der Waals surface area (Å²) in [6.45, 7) is 8.88. The molecule has 4 heteroatoms. The molecule has 0 saturated heterocycles. The van der Waals surface area contributed by atoms with Crippen LogP contribution < -0.4 is 4.57 Å². The summed E-state index contributed by atoms with van der Waals surface area (Å²) in [5.41, 5.74) is 3.60. The summed E-state index contributed by atoms with van der Waals surface area (Å²) in [4.78, 5) is 5.00. The minimum atomic E-state index is 0.403. The lowest BCUT2D eigenvalue weighted by Gasteiger charge is -2.17. The Hall–Kier alpha value is -2.10. The molecule has 1 aromatic rings. The lowest BCUT2D eigenvalue weighted by Crippen LogP contribution is -2.36. The van der Waals surface area contributed by atoms with Gasteiger partial charge in [0.25, 0.3) is 0 Å². The second kappa shape index (κ2) is 7.65. The summed E-state index contributed by atoms with van der Waals surface area (Å²) in [5.74, 6) is 2.41. The highest BCUT2D eigenvalue weighted by Crippen LogP contribution is 2.31. The topological polar surface area (TPSA) is 30.4 Å². The maximum absolute atomic E-state index is 5.68. The van der Waals surface area contributed by atoms with E-state index in [4.69, 9.17) is 9.73 Å². The van der Waals surface area contributed by atoms with E-state index in [2.05, 4.69) is 45.9 Å². The summed E-state index contributed by atoms with van der Waals surface area (Å²) in [7, 11) is 5.70. The van der Waals surface area contributed by atoms with E-state index in [0.717, 1.165) is 17.9 Å². The molecule has 1 heterocycles. The predicted molar refractivity (Wildman–Crippen MR) is 98.7 cm³/mol. The molecule has 2 rings (SSSR count). The molecule has 0 amide bonds. The normalized spacial score (nSPS) is 16.0. The van der Waals surface area contributed by atoms with E-state index >= 15 is 0 Å². The van der Waals surface area contributed by atoms with Gasteiger partial charge in [-0.25, -0.2) is 14.1 Å². The van der Waals surface area contributed by atoms with Gasteiger partial charge < -0.3 is 4.74 Å². The first-order valence-electron chi connectivity index (χ1n) is 8.61. The molecule has 4 nitrogen and oxygen atoms in total. The summed E-state index contributed by atoms with van der Waals surface area (Å²) in [6.07, 6.45) is 11.7. The third-order valence-corrected chi connectivity index (χ3v) is 4.34. The average molecular weight is 328 g/mol. The fraction of sp³-hybridized carbons (Fsp3) is 0.500. The lowest BCUT2D eigenvalue weighted by molar-refractivity contribution is -0.672. The Morgan fingerprint density at radius 1 is 1.25 bits per heavy atom. The zero-order chi connectivity index (χ0) is 17.9. The molecule has 0 fully saturated rings.